The molecule has 1 saturated carbocycles. The van der Waals surface area contributed by atoms with Gasteiger partial charge >= 0.3 is 6.18 Å². The molecular weight excluding hydrogens is 299 g/mol. The van der Waals surface area contributed by atoms with Gasteiger partial charge in [0, 0.05) is 17.8 Å². The number of alkyl halides is 4. The van der Waals surface area contributed by atoms with E-state index < -0.39 is 24.9 Å². The van der Waals surface area contributed by atoms with Gasteiger partial charge in [-0.2, -0.15) is 13.2 Å². The molecule has 6 heteroatoms. The van der Waals surface area contributed by atoms with E-state index in [0.29, 0.717) is 17.3 Å². The molecule has 2 atom stereocenters. The van der Waals surface area contributed by atoms with Gasteiger partial charge in [-0.05, 0) is 25.2 Å². The predicted octanol–water partition coefficient (Wildman–Crippen LogP) is 3.40. The third-order valence-electron chi connectivity index (χ3n) is 2.94. The minimum atomic E-state index is -4.25. The number of rotatable bonds is 4. The molecule has 1 N–H and O–H groups in total. The summed E-state index contributed by atoms with van der Waals surface area (Å²) < 4.78 is 35.6. The summed E-state index contributed by atoms with van der Waals surface area (Å²) in [4.78, 5) is 11.7. The highest BCUT2D eigenvalue weighted by molar-refractivity contribution is 9.09. The van der Waals surface area contributed by atoms with E-state index in [0.717, 1.165) is 25.7 Å². The lowest BCUT2D eigenvalue weighted by atomic mass is 9.89. The van der Waals surface area contributed by atoms with Crippen LogP contribution >= 0.6 is 15.9 Å². The Hall–Kier alpha value is -0.260. The lowest BCUT2D eigenvalue weighted by Crippen LogP contribution is -2.32. The summed E-state index contributed by atoms with van der Waals surface area (Å²) in [6, 6.07) is 0. The molecular formula is C11H17BrF3NO. The number of hydrogen-bond acceptors (Lipinski definition) is 1. The average Bonchev–Trinajstić information content (AvgIpc) is 2.23. The molecule has 1 amide bonds. The van der Waals surface area contributed by atoms with E-state index in [4.69, 9.17) is 0 Å². The Morgan fingerprint density at radius 3 is 2.65 bits per heavy atom. The predicted molar refractivity (Wildman–Crippen MR) is 63.0 cm³/mol. The molecule has 0 radical (unpaired) electrons. The van der Waals surface area contributed by atoms with Crippen molar-refractivity contribution >= 4 is 21.8 Å². The molecule has 0 spiro atoms. The smallest absolute Gasteiger partial charge is 0.356 e. The standard InChI is InChI=1S/C11H17BrF3NO/c12-9-3-1-2-8(6-9)7-16-10(17)4-5-11(13,14)15/h8-9H,1-7H2,(H,16,17). The van der Waals surface area contributed by atoms with Gasteiger partial charge in [-0.1, -0.05) is 22.4 Å². The Kier molecular flexibility index (Phi) is 5.76. The number of carbonyl (C=O) groups is 1. The summed E-state index contributed by atoms with van der Waals surface area (Å²) in [5.41, 5.74) is 0. The van der Waals surface area contributed by atoms with Crippen LogP contribution in [-0.2, 0) is 4.79 Å². The third-order valence-corrected chi connectivity index (χ3v) is 3.77. The van der Waals surface area contributed by atoms with Crippen LogP contribution in [0.1, 0.15) is 38.5 Å². The minimum absolute atomic E-state index is 0.392. The van der Waals surface area contributed by atoms with E-state index in [1.54, 1.807) is 0 Å². The molecule has 0 aromatic carbocycles. The Bertz CT molecular complexity index is 258. The van der Waals surface area contributed by atoms with E-state index >= 15 is 0 Å². The normalized spacial score (nSPS) is 25.6. The molecule has 0 aromatic heterocycles. The largest absolute Gasteiger partial charge is 0.389 e. The van der Waals surface area contributed by atoms with Crippen molar-refractivity contribution < 1.29 is 18.0 Å². The van der Waals surface area contributed by atoms with Crippen LogP contribution in [0.3, 0.4) is 0 Å². The fourth-order valence-electron chi connectivity index (χ4n) is 2.01. The van der Waals surface area contributed by atoms with Crippen molar-refractivity contribution in [3.05, 3.63) is 0 Å². The van der Waals surface area contributed by atoms with Gasteiger partial charge in [-0.15, -0.1) is 0 Å². The molecule has 2 nitrogen and oxygen atoms in total. The van der Waals surface area contributed by atoms with E-state index in [-0.39, 0.29) is 0 Å². The Morgan fingerprint density at radius 1 is 1.35 bits per heavy atom. The Balaban J connectivity index is 2.15. The number of halogens is 4. The summed E-state index contributed by atoms with van der Waals surface area (Å²) in [5, 5.41) is 2.59. The minimum Gasteiger partial charge on any atom is -0.356 e. The molecule has 0 saturated heterocycles. The van der Waals surface area contributed by atoms with Gasteiger partial charge in [0.15, 0.2) is 0 Å². The van der Waals surface area contributed by atoms with Crippen LogP contribution in [0.2, 0.25) is 0 Å². The fraction of sp³-hybridized carbons (Fsp3) is 0.909. The molecule has 1 aliphatic carbocycles. The van der Waals surface area contributed by atoms with E-state index in [9.17, 15) is 18.0 Å². The Morgan fingerprint density at radius 2 is 2.06 bits per heavy atom. The van der Waals surface area contributed by atoms with E-state index in [2.05, 4.69) is 21.2 Å². The molecule has 1 rings (SSSR count). The Labute approximate surface area is 107 Å². The van der Waals surface area contributed by atoms with Gasteiger partial charge in [0.1, 0.15) is 0 Å². The molecule has 1 aliphatic rings. The van der Waals surface area contributed by atoms with Crippen molar-refractivity contribution in [1.82, 2.24) is 5.32 Å². The zero-order valence-corrected chi connectivity index (χ0v) is 11.1. The van der Waals surface area contributed by atoms with E-state index in [1.807, 2.05) is 0 Å². The fourth-order valence-corrected chi connectivity index (χ4v) is 2.87. The van der Waals surface area contributed by atoms with Crippen molar-refractivity contribution in [3.8, 4) is 0 Å². The van der Waals surface area contributed by atoms with Crippen molar-refractivity contribution in [2.24, 2.45) is 5.92 Å². The van der Waals surface area contributed by atoms with Crippen LogP contribution in [-0.4, -0.2) is 23.5 Å². The molecule has 100 valence electrons. The van der Waals surface area contributed by atoms with Gasteiger partial charge in [-0.25, -0.2) is 0 Å². The summed E-state index contributed by atoms with van der Waals surface area (Å²) in [6.45, 7) is 0.499. The number of amides is 1. The zero-order valence-electron chi connectivity index (χ0n) is 9.52. The van der Waals surface area contributed by atoms with Crippen molar-refractivity contribution in [1.29, 1.82) is 0 Å². The van der Waals surface area contributed by atoms with Crippen LogP contribution in [0.5, 0.6) is 0 Å². The van der Waals surface area contributed by atoms with Gasteiger partial charge in [-0.3, -0.25) is 4.79 Å². The van der Waals surface area contributed by atoms with Crippen molar-refractivity contribution in [3.63, 3.8) is 0 Å². The number of hydrogen-bond donors (Lipinski definition) is 1. The second kappa shape index (κ2) is 6.61. The van der Waals surface area contributed by atoms with Crippen molar-refractivity contribution in [2.45, 2.75) is 49.5 Å². The monoisotopic (exact) mass is 315 g/mol. The van der Waals surface area contributed by atoms with Crippen LogP contribution in [0.15, 0.2) is 0 Å². The molecule has 0 aliphatic heterocycles. The van der Waals surface area contributed by atoms with Gasteiger partial charge < -0.3 is 5.32 Å². The highest BCUT2D eigenvalue weighted by atomic mass is 79.9. The summed E-state index contributed by atoms with van der Waals surface area (Å²) in [5.74, 6) is -0.109. The maximum absolute atomic E-state index is 11.9. The summed E-state index contributed by atoms with van der Waals surface area (Å²) >= 11 is 3.53. The van der Waals surface area contributed by atoms with Crippen LogP contribution in [0.25, 0.3) is 0 Å². The van der Waals surface area contributed by atoms with Crippen LogP contribution in [0, 0.1) is 5.92 Å². The van der Waals surface area contributed by atoms with Gasteiger partial charge in [0.05, 0.1) is 6.42 Å². The quantitative estimate of drug-likeness (QED) is 0.791. The first-order valence-corrected chi connectivity index (χ1v) is 6.76. The second-order valence-electron chi connectivity index (χ2n) is 4.55. The lowest BCUT2D eigenvalue weighted by molar-refractivity contribution is -0.144. The van der Waals surface area contributed by atoms with E-state index in [1.165, 1.54) is 0 Å². The lowest BCUT2D eigenvalue weighted by Gasteiger charge is -2.25. The van der Waals surface area contributed by atoms with Crippen molar-refractivity contribution in [2.75, 3.05) is 6.54 Å². The molecule has 0 aromatic rings. The molecule has 0 heterocycles. The highest BCUT2D eigenvalue weighted by Gasteiger charge is 2.28. The summed E-state index contributed by atoms with van der Waals surface area (Å²) in [7, 11) is 0. The van der Waals surface area contributed by atoms with Crippen LogP contribution in [0.4, 0.5) is 13.2 Å². The first-order chi connectivity index (χ1) is 7.87. The molecule has 1 fully saturated rings. The maximum Gasteiger partial charge on any atom is 0.389 e. The maximum atomic E-state index is 11.9. The second-order valence-corrected chi connectivity index (χ2v) is 5.84. The van der Waals surface area contributed by atoms with Gasteiger partial charge in [0.25, 0.3) is 0 Å². The number of nitrogens with one attached hydrogen (secondary N) is 1. The number of carbonyl (C=O) groups excluding carboxylic acids is 1. The summed E-state index contributed by atoms with van der Waals surface area (Å²) in [6.07, 6.45) is -1.47. The van der Waals surface area contributed by atoms with Gasteiger partial charge in [0.2, 0.25) is 5.91 Å². The SMILES string of the molecule is O=C(CCC(F)(F)F)NCC1CCCC(Br)C1. The first kappa shape index (κ1) is 14.8. The van der Waals surface area contributed by atoms with Crippen LogP contribution < -0.4 is 5.32 Å². The zero-order chi connectivity index (χ0) is 12.9. The highest BCUT2D eigenvalue weighted by Crippen LogP contribution is 2.28. The molecule has 17 heavy (non-hydrogen) atoms. The third kappa shape index (κ3) is 6.91. The first-order valence-electron chi connectivity index (χ1n) is 5.84. The average molecular weight is 316 g/mol. The molecule has 0 bridgehead atoms. The molecule has 2 unspecified atom stereocenters. The topological polar surface area (TPSA) is 29.1 Å².